The molecule has 4 fully saturated rings. The van der Waals surface area contributed by atoms with Gasteiger partial charge in [0.05, 0.1) is 36.4 Å². The molecule has 0 bridgehead atoms. The normalized spacial score (nSPS) is 56.7. The molecule has 200 valence electrons. The highest BCUT2D eigenvalue weighted by Crippen LogP contribution is 2.75. The molecule has 4 saturated carbocycles. The molecule has 5 heteroatoms. The highest BCUT2D eigenvalue weighted by Gasteiger charge is 2.73. The zero-order chi connectivity index (χ0) is 26.0. The van der Waals surface area contributed by atoms with E-state index in [0.717, 1.165) is 44.1 Å². The van der Waals surface area contributed by atoms with Crippen LogP contribution in [0.25, 0.3) is 0 Å². The minimum atomic E-state index is -1.18. The Hall–Kier alpha value is -0.460. The van der Waals surface area contributed by atoms with E-state index >= 15 is 0 Å². The van der Waals surface area contributed by atoms with Crippen molar-refractivity contribution in [3.63, 3.8) is 0 Å². The zero-order valence-corrected chi connectivity index (χ0v) is 23.0. The van der Waals surface area contributed by atoms with Crippen LogP contribution in [0, 0.1) is 50.2 Å². The topological polar surface area (TPSA) is 101 Å². The van der Waals surface area contributed by atoms with Crippen molar-refractivity contribution in [1.82, 2.24) is 0 Å². The first-order chi connectivity index (χ1) is 16.0. The van der Waals surface area contributed by atoms with Gasteiger partial charge in [0, 0.05) is 5.41 Å². The quantitative estimate of drug-likeness (QED) is 0.357. The van der Waals surface area contributed by atoms with Crippen LogP contribution in [0.1, 0.15) is 93.4 Å². The van der Waals surface area contributed by atoms with Crippen LogP contribution in [0.2, 0.25) is 0 Å². The summed E-state index contributed by atoms with van der Waals surface area (Å²) < 4.78 is 0. The molecule has 5 aliphatic rings. The molecule has 0 saturated heterocycles. The highest BCUT2D eigenvalue weighted by molar-refractivity contribution is 5.38. The number of aliphatic hydroxyl groups excluding tert-OH is 5. The third kappa shape index (κ3) is 2.94. The van der Waals surface area contributed by atoms with E-state index in [1.807, 2.05) is 0 Å². The molecule has 0 heterocycles. The van der Waals surface area contributed by atoms with E-state index in [4.69, 9.17) is 0 Å². The summed E-state index contributed by atoms with van der Waals surface area (Å²) >= 11 is 0. The van der Waals surface area contributed by atoms with Crippen LogP contribution in [0.15, 0.2) is 11.6 Å². The van der Waals surface area contributed by atoms with Crippen molar-refractivity contribution in [1.29, 1.82) is 0 Å². The van der Waals surface area contributed by atoms with Gasteiger partial charge in [-0.1, -0.05) is 60.1 Å². The van der Waals surface area contributed by atoms with Crippen LogP contribution in [0.3, 0.4) is 0 Å². The molecule has 5 N–H and O–H groups in total. The summed E-state index contributed by atoms with van der Waals surface area (Å²) in [5.41, 5.74) is -1.05. The van der Waals surface area contributed by atoms with Crippen molar-refractivity contribution in [3.8, 4) is 0 Å². The van der Waals surface area contributed by atoms with E-state index in [0.29, 0.717) is 18.3 Å². The first-order valence-electron chi connectivity index (χ1n) is 14.1. The first kappa shape index (κ1) is 26.2. The molecule has 0 aromatic heterocycles. The van der Waals surface area contributed by atoms with Gasteiger partial charge in [0.15, 0.2) is 0 Å². The van der Waals surface area contributed by atoms with Gasteiger partial charge < -0.3 is 25.5 Å². The lowest BCUT2D eigenvalue weighted by Gasteiger charge is -2.73. The molecule has 11 atom stereocenters. The van der Waals surface area contributed by atoms with Crippen molar-refractivity contribution in [2.45, 2.75) is 118 Å². The molecule has 0 amide bonds. The van der Waals surface area contributed by atoms with E-state index in [1.165, 1.54) is 0 Å². The zero-order valence-electron chi connectivity index (χ0n) is 23.0. The van der Waals surface area contributed by atoms with E-state index in [1.54, 1.807) is 0 Å². The predicted octanol–water partition coefficient (Wildman–Crippen LogP) is 4.05. The van der Waals surface area contributed by atoms with E-state index in [-0.39, 0.29) is 40.3 Å². The van der Waals surface area contributed by atoms with Gasteiger partial charge in [-0.15, -0.1) is 0 Å². The lowest BCUT2D eigenvalue weighted by Crippen LogP contribution is -2.74. The molecular formula is C30H50O5. The fourth-order valence-electron chi connectivity index (χ4n) is 11.0. The molecule has 35 heavy (non-hydrogen) atoms. The van der Waals surface area contributed by atoms with E-state index in [2.05, 4.69) is 54.5 Å². The molecule has 0 aromatic rings. The van der Waals surface area contributed by atoms with Gasteiger partial charge in [0.25, 0.3) is 0 Å². The first-order valence-corrected chi connectivity index (χ1v) is 14.1. The van der Waals surface area contributed by atoms with Gasteiger partial charge in [-0.3, -0.25) is 0 Å². The lowest BCUT2D eigenvalue weighted by molar-refractivity contribution is -0.272. The van der Waals surface area contributed by atoms with Gasteiger partial charge in [0.2, 0.25) is 0 Å². The van der Waals surface area contributed by atoms with Crippen molar-refractivity contribution in [2.75, 3.05) is 6.61 Å². The average Bonchev–Trinajstić information content (AvgIpc) is 2.75. The SMILES string of the molecule is CC1(C)C[C@H](O)[C@]2(CO)[C@H](O)[C@H](O)[C@]3(C)C(=CC[C@@H]4[C@@]5(C)CC[C@H](O)C(C)(C)[C@@H]5CC[C@]43C)[C@@H]2C1. The largest absolute Gasteiger partial charge is 0.396 e. The monoisotopic (exact) mass is 490 g/mol. The second-order valence-electron chi connectivity index (χ2n) is 15.3. The molecule has 0 radical (unpaired) electrons. The molecule has 5 aliphatic carbocycles. The van der Waals surface area contributed by atoms with Crippen molar-refractivity contribution in [2.24, 2.45) is 50.2 Å². The Kier molecular flexibility index (Phi) is 5.65. The Morgan fingerprint density at radius 1 is 0.800 bits per heavy atom. The maximum absolute atomic E-state index is 12.0. The fraction of sp³-hybridized carbons (Fsp3) is 0.933. The van der Waals surface area contributed by atoms with Gasteiger partial charge in [-0.25, -0.2) is 0 Å². The standard InChI is InChI=1S/C30H50O5/c1-25(2)14-18-17-8-9-20-27(5)12-11-21(32)26(3,4)19(27)10-13-28(20,6)29(17,7)23(34)24(35)30(18,16-31)22(33)15-25/h8,18-24,31-35H,9-16H2,1-7H3/t18-,19-,20+,21-,22-,23-,24+,27-,28+,29-,30+/m0/s1. The molecule has 5 nitrogen and oxygen atoms in total. The molecule has 0 spiro atoms. The molecule has 0 aliphatic heterocycles. The molecule has 0 unspecified atom stereocenters. The Labute approximate surface area is 212 Å². The van der Waals surface area contributed by atoms with Crippen LogP contribution in [-0.4, -0.2) is 56.6 Å². The third-order valence-corrected chi connectivity index (χ3v) is 13.2. The Balaban J connectivity index is 1.66. The summed E-state index contributed by atoms with van der Waals surface area (Å²) in [6.45, 7) is 15.4. The second-order valence-corrected chi connectivity index (χ2v) is 15.3. The molecule has 0 aromatic carbocycles. The maximum atomic E-state index is 12.0. The summed E-state index contributed by atoms with van der Waals surface area (Å²) in [5.74, 6) is 0.579. The van der Waals surface area contributed by atoms with E-state index < -0.39 is 29.1 Å². The van der Waals surface area contributed by atoms with Crippen LogP contribution in [-0.2, 0) is 0 Å². The van der Waals surface area contributed by atoms with Gasteiger partial charge in [-0.05, 0) is 84.4 Å². The summed E-state index contributed by atoms with van der Waals surface area (Å²) in [6.07, 6.45) is 4.90. The number of rotatable bonds is 1. The second kappa shape index (κ2) is 7.56. The van der Waals surface area contributed by atoms with Crippen LogP contribution in [0.4, 0.5) is 0 Å². The van der Waals surface area contributed by atoms with E-state index in [9.17, 15) is 25.5 Å². The van der Waals surface area contributed by atoms with Gasteiger partial charge >= 0.3 is 0 Å². The van der Waals surface area contributed by atoms with Gasteiger partial charge in [-0.2, -0.15) is 0 Å². The summed E-state index contributed by atoms with van der Waals surface area (Å²) in [6, 6.07) is 0. The third-order valence-electron chi connectivity index (χ3n) is 13.2. The average molecular weight is 491 g/mol. The van der Waals surface area contributed by atoms with Crippen molar-refractivity contribution in [3.05, 3.63) is 11.6 Å². The van der Waals surface area contributed by atoms with Crippen molar-refractivity contribution < 1.29 is 25.5 Å². The highest BCUT2D eigenvalue weighted by atomic mass is 16.3. The lowest BCUT2D eigenvalue weighted by atomic mass is 9.32. The smallest absolute Gasteiger partial charge is 0.0916 e. The molecular weight excluding hydrogens is 440 g/mol. The number of hydrogen-bond donors (Lipinski definition) is 5. The number of allylic oxidation sites excluding steroid dienone is 1. The predicted molar refractivity (Wildman–Crippen MR) is 136 cm³/mol. The summed E-state index contributed by atoms with van der Waals surface area (Å²) in [5, 5.41) is 56.7. The summed E-state index contributed by atoms with van der Waals surface area (Å²) in [7, 11) is 0. The minimum absolute atomic E-state index is 0.0440. The summed E-state index contributed by atoms with van der Waals surface area (Å²) in [4.78, 5) is 0. The number of hydrogen-bond acceptors (Lipinski definition) is 5. The van der Waals surface area contributed by atoms with Crippen LogP contribution in [0.5, 0.6) is 0 Å². The van der Waals surface area contributed by atoms with Crippen LogP contribution >= 0.6 is 0 Å². The molecule has 5 rings (SSSR count). The number of aliphatic hydroxyl groups is 5. The Morgan fingerprint density at radius 3 is 2.09 bits per heavy atom. The minimum Gasteiger partial charge on any atom is -0.396 e. The fourth-order valence-corrected chi connectivity index (χ4v) is 11.0. The van der Waals surface area contributed by atoms with Crippen molar-refractivity contribution >= 4 is 0 Å². The maximum Gasteiger partial charge on any atom is 0.0916 e. The Morgan fingerprint density at radius 2 is 1.46 bits per heavy atom. The van der Waals surface area contributed by atoms with Crippen LogP contribution < -0.4 is 0 Å². The Bertz CT molecular complexity index is 910. The number of fused-ring (bicyclic) bond motifs is 7. The van der Waals surface area contributed by atoms with Gasteiger partial charge in [0.1, 0.15) is 0 Å².